The largest absolute Gasteiger partial charge is 0.481 e. The Kier molecular flexibility index (Phi) is 5.97. The Morgan fingerprint density at radius 1 is 1.38 bits per heavy atom. The summed E-state index contributed by atoms with van der Waals surface area (Å²) < 4.78 is 0. The molecule has 13 heavy (non-hydrogen) atoms. The number of nitrogens with zero attached hydrogens (tertiary/aromatic N) is 1. The van der Waals surface area contributed by atoms with Gasteiger partial charge in [0.05, 0.1) is 6.07 Å². The van der Waals surface area contributed by atoms with Crippen molar-refractivity contribution in [2.75, 3.05) is 13.1 Å². The van der Waals surface area contributed by atoms with Crippen LogP contribution < -0.4 is 10.6 Å². The van der Waals surface area contributed by atoms with Crippen LogP contribution in [0.5, 0.6) is 0 Å². The van der Waals surface area contributed by atoms with Crippen LogP contribution in [-0.2, 0) is 4.79 Å². The lowest BCUT2D eigenvalue weighted by atomic mass is 10.3. The van der Waals surface area contributed by atoms with Crippen molar-refractivity contribution in [3.05, 3.63) is 0 Å². The number of carbonyl (C=O) groups excluding carboxylic acids is 1. The Bertz CT molecular complexity index is 222. The Balaban J connectivity index is 3.28. The van der Waals surface area contributed by atoms with E-state index in [9.17, 15) is 9.59 Å². The van der Waals surface area contributed by atoms with Gasteiger partial charge < -0.3 is 15.7 Å². The van der Waals surface area contributed by atoms with E-state index in [0.717, 1.165) is 0 Å². The molecule has 0 rings (SSSR count). The molecule has 0 atom stereocenters. The number of carboxylic acid groups (broad SMARTS) is 1. The molecule has 0 aliphatic heterocycles. The van der Waals surface area contributed by atoms with Crippen LogP contribution in [0.25, 0.3) is 0 Å². The summed E-state index contributed by atoms with van der Waals surface area (Å²) in [5.74, 6) is -0.890. The molecule has 0 unspecified atom stereocenters. The lowest BCUT2D eigenvalue weighted by Crippen LogP contribution is -2.36. The summed E-state index contributed by atoms with van der Waals surface area (Å²) in [7, 11) is 0. The maximum atomic E-state index is 10.7. The second-order valence-corrected chi connectivity index (χ2v) is 2.26. The summed E-state index contributed by atoms with van der Waals surface area (Å²) in [6.45, 7) is 0.244. The van der Waals surface area contributed by atoms with Crippen molar-refractivity contribution in [1.82, 2.24) is 10.6 Å². The minimum Gasteiger partial charge on any atom is -0.481 e. The van der Waals surface area contributed by atoms with Crippen molar-refractivity contribution >= 4 is 12.0 Å². The van der Waals surface area contributed by atoms with Crippen LogP contribution in [0, 0.1) is 11.3 Å². The summed E-state index contributed by atoms with van der Waals surface area (Å²) in [5, 5.41) is 21.0. The van der Waals surface area contributed by atoms with Gasteiger partial charge in [0, 0.05) is 13.0 Å². The number of carboxylic acids is 1. The fraction of sp³-hybridized carbons (Fsp3) is 0.571. The molecule has 0 aliphatic carbocycles. The van der Waals surface area contributed by atoms with Gasteiger partial charge >= 0.3 is 12.0 Å². The number of carbonyl (C=O) groups is 2. The third-order valence-corrected chi connectivity index (χ3v) is 1.18. The summed E-state index contributed by atoms with van der Waals surface area (Å²) in [4.78, 5) is 20.8. The van der Waals surface area contributed by atoms with Crippen molar-refractivity contribution in [1.29, 1.82) is 5.26 Å². The molecular formula is C7H11N3O3. The lowest BCUT2D eigenvalue weighted by Gasteiger charge is -2.02. The van der Waals surface area contributed by atoms with E-state index >= 15 is 0 Å². The number of urea groups is 1. The number of amides is 2. The molecule has 0 radical (unpaired) electrons. The molecule has 0 aromatic carbocycles. The molecule has 0 saturated heterocycles. The van der Waals surface area contributed by atoms with Gasteiger partial charge in [-0.1, -0.05) is 0 Å². The number of aliphatic carboxylic acids is 1. The summed E-state index contributed by atoms with van der Waals surface area (Å²) in [5.41, 5.74) is 0. The van der Waals surface area contributed by atoms with E-state index in [2.05, 4.69) is 10.6 Å². The van der Waals surface area contributed by atoms with Crippen molar-refractivity contribution in [3.63, 3.8) is 0 Å². The second kappa shape index (κ2) is 6.91. The standard InChI is InChI=1S/C7H11N3O3/c8-3-5-10-7(13)9-4-1-2-6(11)12/h1-2,4-5H2,(H,11,12)(H2,9,10,13). The fourth-order valence-corrected chi connectivity index (χ4v) is 0.624. The highest BCUT2D eigenvalue weighted by molar-refractivity contribution is 5.74. The van der Waals surface area contributed by atoms with E-state index < -0.39 is 12.0 Å². The first-order chi connectivity index (χ1) is 6.16. The summed E-state index contributed by atoms with van der Waals surface area (Å²) >= 11 is 0. The Hall–Kier alpha value is -1.77. The average molecular weight is 185 g/mol. The Morgan fingerprint density at radius 3 is 2.62 bits per heavy atom. The topological polar surface area (TPSA) is 102 Å². The van der Waals surface area contributed by atoms with Crippen LogP contribution in [0.1, 0.15) is 12.8 Å². The molecular weight excluding hydrogens is 174 g/mol. The zero-order valence-corrected chi connectivity index (χ0v) is 7.04. The van der Waals surface area contributed by atoms with Gasteiger partial charge in [-0.2, -0.15) is 5.26 Å². The Labute approximate surface area is 75.5 Å². The van der Waals surface area contributed by atoms with Crippen LogP contribution >= 0.6 is 0 Å². The van der Waals surface area contributed by atoms with E-state index in [1.54, 1.807) is 6.07 Å². The summed E-state index contributed by atoms with van der Waals surface area (Å²) in [6.07, 6.45) is 0.411. The molecule has 6 nitrogen and oxygen atoms in total. The van der Waals surface area contributed by atoms with Crippen LogP contribution in [-0.4, -0.2) is 30.2 Å². The van der Waals surface area contributed by atoms with E-state index in [0.29, 0.717) is 13.0 Å². The molecule has 0 heterocycles. The highest BCUT2D eigenvalue weighted by Crippen LogP contribution is 1.85. The van der Waals surface area contributed by atoms with E-state index in [4.69, 9.17) is 10.4 Å². The molecule has 0 aromatic rings. The van der Waals surface area contributed by atoms with Gasteiger partial charge in [-0.05, 0) is 6.42 Å². The van der Waals surface area contributed by atoms with Crippen LogP contribution in [0.4, 0.5) is 4.79 Å². The van der Waals surface area contributed by atoms with Crippen LogP contribution in [0.15, 0.2) is 0 Å². The molecule has 0 aliphatic rings. The highest BCUT2D eigenvalue weighted by Gasteiger charge is 1.99. The monoisotopic (exact) mass is 185 g/mol. The van der Waals surface area contributed by atoms with E-state index in [-0.39, 0.29) is 13.0 Å². The summed E-state index contributed by atoms with van der Waals surface area (Å²) in [6, 6.07) is 1.29. The SMILES string of the molecule is N#CCNC(=O)NCCCC(=O)O. The third-order valence-electron chi connectivity index (χ3n) is 1.18. The third kappa shape index (κ3) is 8.13. The van der Waals surface area contributed by atoms with Gasteiger partial charge in [-0.25, -0.2) is 4.79 Å². The lowest BCUT2D eigenvalue weighted by molar-refractivity contribution is -0.137. The minimum absolute atomic E-state index is 0.0263. The molecule has 0 saturated carbocycles. The van der Waals surface area contributed by atoms with Crippen molar-refractivity contribution < 1.29 is 14.7 Å². The van der Waals surface area contributed by atoms with Gasteiger partial charge in [0.2, 0.25) is 0 Å². The first-order valence-corrected chi connectivity index (χ1v) is 3.77. The van der Waals surface area contributed by atoms with Gasteiger partial charge in [0.25, 0.3) is 0 Å². The van der Waals surface area contributed by atoms with Gasteiger partial charge in [-0.15, -0.1) is 0 Å². The van der Waals surface area contributed by atoms with E-state index in [1.807, 2.05) is 0 Å². The number of rotatable bonds is 5. The quantitative estimate of drug-likeness (QED) is 0.403. The molecule has 0 aromatic heterocycles. The normalized spacial score (nSPS) is 8.54. The molecule has 0 bridgehead atoms. The minimum atomic E-state index is -0.890. The number of hydrogen-bond acceptors (Lipinski definition) is 3. The maximum absolute atomic E-state index is 10.7. The van der Waals surface area contributed by atoms with Crippen molar-refractivity contribution in [2.45, 2.75) is 12.8 Å². The molecule has 2 amide bonds. The number of hydrogen-bond donors (Lipinski definition) is 3. The van der Waals surface area contributed by atoms with Crippen molar-refractivity contribution in [2.24, 2.45) is 0 Å². The molecule has 72 valence electrons. The number of nitriles is 1. The molecule has 0 spiro atoms. The number of nitrogens with one attached hydrogen (secondary N) is 2. The zero-order chi connectivity index (χ0) is 10.1. The zero-order valence-electron chi connectivity index (χ0n) is 7.04. The van der Waals surface area contributed by atoms with Crippen molar-refractivity contribution in [3.8, 4) is 6.07 Å². The predicted octanol–water partition coefficient (Wildman–Crippen LogP) is -0.326. The maximum Gasteiger partial charge on any atom is 0.315 e. The van der Waals surface area contributed by atoms with E-state index in [1.165, 1.54) is 0 Å². The average Bonchev–Trinajstić information content (AvgIpc) is 2.08. The molecule has 0 fully saturated rings. The molecule has 3 N–H and O–H groups in total. The Morgan fingerprint density at radius 2 is 2.08 bits per heavy atom. The smallest absolute Gasteiger partial charge is 0.315 e. The highest BCUT2D eigenvalue weighted by atomic mass is 16.4. The van der Waals surface area contributed by atoms with Crippen LogP contribution in [0.2, 0.25) is 0 Å². The second-order valence-electron chi connectivity index (χ2n) is 2.26. The van der Waals surface area contributed by atoms with Gasteiger partial charge in [0.15, 0.2) is 0 Å². The first kappa shape index (κ1) is 11.2. The fourth-order valence-electron chi connectivity index (χ4n) is 0.624. The first-order valence-electron chi connectivity index (χ1n) is 3.77. The molecule has 6 heteroatoms. The van der Waals surface area contributed by atoms with Gasteiger partial charge in [-0.3, -0.25) is 4.79 Å². The van der Waals surface area contributed by atoms with Gasteiger partial charge in [0.1, 0.15) is 6.54 Å². The predicted molar refractivity (Wildman–Crippen MR) is 43.9 cm³/mol. The van der Waals surface area contributed by atoms with Crippen LogP contribution in [0.3, 0.4) is 0 Å².